The van der Waals surface area contributed by atoms with Gasteiger partial charge in [-0.3, -0.25) is 0 Å². The average Bonchev–Trinajstić information content (AvgIpc) is 3.22. The topological polar surface area (TPSA) is 59.3 Å². The molecule has 0 bridgehead atoms. The van der Waals surface area contributed by atoms with Crippen molar-refractivity contribution < 1.29 is 14.9 Å². The number of thiazole rings is 1. The lowest BCUT2D eigenvalue weighted by Gasteiger charge is -2.32. The fraction of sp³-hybridized carbons (Fsp3) is 0.467. The Morgan fingerprint density at radius 2 is 2.09 bits per heavy atom. The fourth-order valence-electron chi connectivity index (χ4n) is 3.29. The maximum Gasteiger partial charge on any atom is 0.235 e. The summed E-state index contributed by atoms with van der Waals surface area (Å²) in [6, 6.07) is 4.44. The summed E-state index contributed by atoms with van der Waals surface area (Å²) in [5.74, 6) is 0.948. The van der Waals surface area contributed by atoms with Crippen molar-refractivity contribution in [3.05, 3.63) is 33.1 Å². The number of nitrogens with one attached hydrogen (secondary N) is 2. The lowest BCUT2D eigenvalue weighted by atomic mass is 10.1. The first-order valence-corrected chi connectivity index (χ1v) is 9.57. The number of aromatic nitrogens is 3. The Labute approximate surface area is 142 Å². The summed E-state index contributed by atoms with van der Waals surface area (Å²) in [4.78, 5) is 10.6. The standard InChI is InChI=1S/C15H19N5OS2/c1-10-16-15-20(17-10)14(21)13(23-15)12(11-4-3-9-22-11)19-7-5-18(2)6-8-19/h3-4,9,12,21H,5-8H2,1-2H3/p+2/t12-/m0/s1. The summed E-state index contributed by atoms with van der Waals surface area (Å²) in [5, 5.41) is 17.1. The van der Waals surface area contributed by atoms with E-state index in [0.717, 1.165) is 36.0 Å². The summed E-state index contributed by atoms with van der Waals surface area (Å²) in [6.07, 6.45) is 0. The van der Waals surface area contributed by atoms with E-state index in [1.54, 1.807) is 32.1 Å². The number of likely N-dealkylation sites (N-methyl/N-ethyl adjacent to an activating group) is 1. The highest BCUT2D eigenvalue weighted by Crippen LogP contribution is 2.36. The minimum absolute atomic E-state index is 0.178. The minimum Gasteiger partial charge on any atom is -0.492 e. The lowest BCUT2D eigenvalue weighted by molar-refractivity contribution is -1.02. The van der Waals surface area contributed by atoms with Crippen LogP contribution in [0, 0.1) is 6.92 Å². The van der Waals surface area contributed by atoms with E-state index < -0.39 is 0 Å². The van der Waals surface area contributed by atoms with Gasteiger partial charge in [0.2, 0.25) is 10.8 Å². The first-order valence-electron chi connectivity index (χ1n) is 7.88. The quantitative estimate of drug-likeness (QED) is 0.589. The van der Waals surface area contributed by atoms with Gasteiger partial charge in [-0.05, 0) is 18.4 Å². The zero-order chi connectivity index (χ0) is 16.0. The number of rotatable bonds is 3. The molecule has 3 aromatic heterocycles. The second-order valence-corrected chi connectivity index (χ2v) is 8.20. The first-order chi connectivity index (χ1) is 11.1. The number of nitrogens with zero attached hydrogens (tertiary/aromatic N) is 3. The first kappa shape index (κ1) is 15.1. The van der Waals surface area contributed by atoms with E-state index in [9.17, 15) is 5.11 Å². The number of piperazine rings is 1. The second kappa shape index (κ2) is 5.86. The Bertz CT molecular complexity index is 801. The molecule has 3 N–H and O–H groups in total. The van der Waals surface area contributed by atoms with Crippen LogP contribution < -0.4 is 9.80 Å². The van der Waals surface area contributed by atoms with Gasteiger partial charge in [0.25, 0.3) is 0 Å². The number of aryl methyl sites for hydroxylation is 1. The van der Waals surface area contributed by atoms with Crippen molar-refractivity contribution >= 4 is 27.6 Å². The number of thiophene rings is 1. The van der Waals surface area contributed by atoms with Gasteiger partial charge in [0, 0.05) is 0 Å². The van der Waals surface area contributed by atoms with Gasteiger partial charge in [0.1, 0.15) is 36.9 Å². The smallest absolute Gasteiger partial charge is 0.235 e. The Kier molecular flexibility index (Phi) is 3.84. The lowest BCUT2D eigenvalue weighted by Crippen LogP contribution is -3.27. The summed E-state index contributed by atoms with van der Waals surface area (Å²) >= 11 is 3.33. The van der Waals surface area contributed by atoms with Gasteiger partial charge in [-0.25, -0.2) is 4.98 Å². The maximum atomic E-state index is 10.7. The van der Waals surface area contributed by atoms with Crippen molar-refractivity contribution in [3.8, 4) is 5.88 Å². The van der Waals surface area contributed by atoms with Crippen molar-refractivity contribution in [1.29, 1.82) is 0 Å². The summed E-state index contributed by atoms with van der Waals surface area (Å²) in [6.45, 7) is 6.40. The van der Waals surface area contributed by atoms with E-state index in [4.69, 9.17) is 0 Å². The molecule has 1 fully saturated rings. The molecule has 1 atom stereocenters. The van der Waals surface area contributed by atoms with E-state index in [-0.39, 0.29) is 11.9 Å². The molecule has 0 unspecified atom stereocenters. The van der Waals surface area contributed by atoms with E-state index in [1.165, 1.54) is 9.78 Å². The molecule has 0 aromatic carbocycles. The third-order valence-corrected chi connectivity index (χ3v) is 6.57. The van der Waals surface area contributed by atoms with Gasteiger partial charge in [0.05, 0.1) is 11.9 Å². The zero-order valence-corrected chi connectivity index (χ0v) is 14.9. The molecule has 1 aliphatic rings. The molecule has 0 spiro atoms. The van der Waals surface area contributed by atoms with Crippen LogP contribution in [0.4, 0.5) is 0 Å². The highest BCUT2D eigenvalue weighted by atomic mass is 32.1. The van der Waals surface area contributed by atoms with Crippen LogP contribution >= 0.6 is 22.7 Å². The number of hydrogen-bond donors (Lipinski definition) is 3. The van der Waals surface area contributed by atoms with Crippen LogP contribution in [0.3, 0.4) is 0 Å². The third kappa shape index (κ3) is 2.65. The highest BCUT2D eigenvalue weighted by Gasteiger charge is 2.35. The molecule has 122 valence electrons. The van der Waals surface area contributed by atoms with Crippen LogP contribution in [0.15, 0.2) is 17.5 Å². The van der Waals surface area contributed by atoms with Crippen molar-refractivity contribution in [2.24, 2.45) is 0 Å². The van der Waals surface area contributed by atoms with Gasteiger partial charge >= 0.3 is 0 Å². The molecular weight excluding hydrogens is 330 g/mol. The Balaban J connectivity index is 1.77. The highest BCUT2D eigenvalue weighted by molar-refractivity contribution is 7.17. The molecule has 3 aromatic rings. The van der Waals surface area contributed by atoms with Crippen LogP contribution in [0.5, 0.6) is 5.88 Å². The van der Waals surface area contributed by atoms with Crippen LogP contribution in [-0.2, 0) is 0 Å². The maximum absolute atomic E-state index is 10.7. The number of quaternary nitrogens is 2. The second-order valence-electron chi connectivity index (χ2n) is 6.21. The Morgan fingerprint density at radius 1 is 1.30 bits per heavy atom. The van der Waals surface area contributed by atoms with Crippen LogP contribution in [0.1, 0.15) is 21.6 Å². The van der Waals surface area contributed by atoms with Gasteiger partial charge in [-0.1, -0.05) is 17.4 Å². The molecule has 1 saturated heterocycles. The largest absolute Gasteiger partial charge is 0.492 e. The van der Waals surface area contributed by atoms with Gasteiger partial charge < -0.3 is 14.9 Å². The summed E-state index contributed by atoms with van der Waals surface area (Å²) in [5.41, 5.74) is 0. The van der Waals surface area contributed by atoms with Crippen LogP contribution in [-0.4, -0.2) is 52.9 Å². The van der Waals surface area contributed by atoms with Crippen LogP contribution in [0.25, 0.3) is 4.96 Å². The van der Waals surface area contributed by atoms with E-state index in [2.05, 4.69) is 34.6 Å². The molecule has 4 heterocycles. The van der Waals surface area contributed by atoms with Crippen molar-refractivity contribution in [3.63, 3.8) is 0 Å². The van der Waals surface area contributed by atoms with E-state index >= 15 is 0 Å². The monoisotopic (exact) mass is 351 g/mol. The van der Waals surface area contributed by atoms with Crippen molar-refractivity contribution in [1.82, 2.24) is 14.6 Å². The predicted octanol–water partition coefficient (Wildman–Crippen LogP) is -0.631. The number of aromatic hydroxyl groups is 1. The normalized spacial score (nSPS) is 23.4. The zero-order valence-electron chi connectivity index (χ0n) is 13.2. The SMILES string of the molecule is Cc1nc2sc([C@H](c3cccs3)[NH+]3CC[NH+](C)CC3)c(O)n2n1. The van der Waals surface area contributed by atoms with E-state index in [0.29, 0.717) is 5.82 Å². The predicted molar refractivity (Wildman–Crippen MR) is 90.7 cm³/mol. The molecule has 4 rings (SSSR count). The molecular formula is C15H21N5OS2+2. The molecule has 0 radical (unpaired) electrons. The third-order valence-electron chi connectivity index (χ3n) is 4.55. The average molecular weight is 352 g/mol. The summed E-state index contributed by atoms with van der Waals surface area (Å²) in [7, 11) is 2.25. The molecule has 0 amide bonds. The van der Waals surface area contributed by atoms with Gasteiger partial charge in [-0.2, -0.15) is 4.52 Å². The molecule has 8 heteroatoms. The van der Waals surface area contributed by atoms with Gasteiger partial charge in [0.15, 0.2) is 6.04 Å². The Hall–Kier alpha value is -1.48. The van der Waals surface area contributed by atoms with Crippen molar-refractivity contribution in [2.75, 3.05) is 33.2 Å². The van der Waals surface area contributed by atoms with Crippen LogP contribution in [0.2, 0.25) is 0 Å². The van der Waals surface area contributed by atoms with E-state index in [1.807, 2.05) is 6.92 Å². The number of hydrogen-bond acceptors (Lipinski definition) is 5. The molecule has 0 saturated carbocycles. The molecule has 1 aliphatic heterocycles. The van der Waals surface area contributed by atoms with Crippen molar-refractivity contribution in [2.45, 2.75) is 13.0 Å². The molecule has 6 nitrogen and oxygen atoms in total. The minimum atomic E-state index is 0.178. The molecule has 23 heavy (non-hydrogen) atoms. The molecule has 0 aliphatic carbocycles. The Morgan fingerprint density at radius 3 is 2.74 bits per heavy atom. The van der Waals surface area contributed by atoms with Gasteiger partial charge in [-0.15, -0.1) is 16.4 Å². The fourth-order valence-corrected chi connectivity index (χ4v) is 5.44. The summed E-state index contributed by atoms with van der Waals surface area (Å²) < 4.78 is 1.58. The number of fused-ring (bicyclic) bond motifs is 1.